The number of benzene rings is 1. The molecule has 0 aliphatic carbocycles. The number of ether oxygens (including phenoxy) is 1. The Labute approximate surface area is 124 Å². The number of thiazole rings is 1. The minimum absolute atomic E-state index is 0.348. The fourth-order valence-electron chi connectivity index (χ4n) is 2.89. The number of hydrogen-bond acceptors (Lipinski definition) is 3. The maximum atomic E-state index is 5.79. The van der Waals surface area contributed by atoms with E-state index in [2.05, 4.69) is 43.5 Å². The van der Waals surface area contributed by atoms with Crippen LogP contribution in [0.3, 0.4) is 0 Å². The Morgan fingerprint density at radius 2 is 1.90 bits per heavy atom. The van der Waals surface area contributed by atoms with Gasteiger partial charge < -0.3 is 9.64 Å². The molecule has 0 radical (unpaired) electrons. The molecule has 1 unspecified atom stereocenters. The summed E-state index contributed by atoms with van der Waals surface area (Å²) in [6.07, 6.45) is 0.696. The topological polar surface area (TPSA) is 26.6 Å². The highest BCUT2D eigenvalue weighted by Crippen LogP contribution is 2.22. The van der Waals surface area contributed by atoms with Crippen LogP contribution in [0.15, 0.2) is 35.7 Å². The molecule has 1 aliphatic heterocycles. The van der Waals surface area contributed by atoms with E-state index in [1.165, 1.54) is 11.3 Å². The number of rotatable bonds is 3. The first kappa shape index (κ1) is 13.7. The van der Waals surface area contributed by atoms with Crippen molar-refractivity contribution >= 4 is 11.3 Å². The summed E-state index contributed by atoms with van der Waals surface area (Å²) in [4.78, 5) is 6.35. The number of nitrogens with zero attached hydrogens (tertiary/aromatic N) is 1. The van der Waals surface area contributed by atoms with Gasteiger partial charge in [0, 0.05) is 10.9 Å². The Kier molecular flexibility index (Phi) is 4.15. The van der Waals surface area contributed by atoms with Crippen LogP contribution in [0.1, 0.15) is 19.5 Å². The van der Waals surface area contributed by atoms with E-state index in [9.17, 15) is 0 Å². The Bertz CT molecular complexity index is 545. The molecule has 1 fully saturated rings. The minimum atomic E-state index is 0.348. The van der Waals surface area contributed by atoms with E-state index in [-0.39, 0.29) is 0 Å². The summed E-state index contributed by atoms with van der Waals surface area (Å²) < 4.78 is 5.79. The summed E-state index contributed by atoms with van der Waals surface area (Å²) in [5, 5.41) is 3.31. The van der Waals surface area contributed by atoms with Gasteiger partial charge in [0.05, 0.1) is 0 Å². The molecule has 4 heteroatoms. The second-order valence-corrected chi connectivity index (χ2v) is 6.46. The average molecular weight is 289 g/mol. The van der Waals surface area contributed by atoms with E-state index in [0.717, 1.165) is 24.6 Å². The van der Waals surface area contributed by atoms with Crippen molar-refractivity contribution in [2.75, 3.05) is 13.1 Å². The minimum Gasteiger partial charge on any atom is -0.364 e. The first-order valence-electron chi connectivity index (χ1n) is 7.19. The van der Waals surface area contributed by atoms with Crippen molar-refractivity contribution in [3.8, 4) is 10.6 Å². The van der Waals surface area contributed by atoms with Crippen molar-refractivity contribution in [2.24, 2.45) is 0 Å². The largest absolute Gasteiger partial charge is 0.364 e. The van der Waals surface area contributed by atoms with Crippen LogP contribution in [0.5, 0.6) is 0 Å². The third-order valence-corrected chi connectivity index (χ3v) is 4.56. The van der Waals surface area contributed by atoms with Gasteiger partial charge in [-0.15, -0.1) is 11.3 Å². The van der Waals surface area contributed by atoms with Gasteiger partial charge in [-0.2, -0.15) is 0 Å². The predicted molar refractivity (Wildman–Crippen MR) is 82.0 cm³/mol. The van der Waals surface area contributed by atoms with Crippen LogP contribution in [0.2, 0.25) is 0 Å². The summed E-state index contributed by atoms with van der Waals surface area (Å²) in [5.41, 5.74) is 2.41. The zero-order chi connectivity index (χ0) is 13.9. The molecule has 2 aromatic rings. The molecule has 1 aliphatic rings. The van der Waals surface area contributed by atoms with Crippen molar-refractivity contribution in [3.63, 3.8) is 0 Å². The van der Waals surface area contributed by atoms with E-state index in [0.29, 0.717) is 12.2 Å². The van der Waals surface area contributed by atoms with Crippen molar-refractivity contribution in [1.82, 2.24) is 4.98 Å². The van der Waals surface area contributed by atoms with Gasteiger partial charge in [0.1, 0.15) is 42.5 Å². The summed E-state index contributed by atoms with van der Waals surface area (Å²) in [7, 11) is 0. The average Bonchev–Trinajstić information content (AvgIpc) is 2.87. The Hall–Kier alpha value is -1.23. The Balaban J connectivity index is 1.68. The molecule has 3 atom stereocenters. The molecule has 0 saturated carbocycles. The molecule has 2 heterocycles. The summed E-state index contributed by atoms with van der Waals surface area (Å²) in [6.45, 7) is 7.46. The van der Waals surface area contributed by atoms with Crippen LogP contribution in [-0.4, -0.2) is 30.3 Å². The van der Waals surface area contributed by atoms with Crippen LogP contribution < -0.4 is 4.90 Å². The van der Waals surface area contributed by atoms with Crippen molar-refractivity contribution in [1.29, 1.82) is 0 Å². The molecule has 1 N–H and O–H groups in total. The molecule has 3 rings (SSSR count). The van der Waals surface area contributed by atoms with Gasteiger partial charge in [0.2, 0.25) is 0 Å². The monoisotopic (exact) mass is 289 g/mol. The van der Waals surface area contributed by atoms with E-state index >= 15 is 0 Å². The van der Waals surface area contributed by atoms with Gasteiger partial charge in [-0.05, 0) is 13.8 Å². The highest BCUT2D eigenvalue weighted by Gasteiger charge is 2.26. The lowest BCUT2D eigenvalue weighted by Gasteiger charge is -2.31. The van der Waals surface area contributed by atoms with Crippen LogP contribution >= 0.6 is 11.3 Å². The SMILES string of the molecule is C[C@@H]1C[NH+](Cc2csc(-c3ccccc3)n2)C[C@H](C)O1. The predicted octanol–water partition coefficient (Wildman–Crippen LogP) is 2.00. The number of morpholine rings is 1. The van der Waals surface area contributed by atoms with E-state index in [1.807, 2.05) is 6.07 Å². The highest BCUT2D eigenvalue weighted by atomic mass is 32.1. The highest BCUT2D eigenvalue weighted by molar-refractivity contribution is 7.13. The second kappa shape index (κ2) is 6.04. The van der Waals surface area contributed by atoms with Gasteiger partial charge in [0.25, 0.3) is 0 Å². The third-order valence-electron chi connectivity index (χ3n) is 3.62. The van der Waals surface area contributed by atoms with Crippen molar-refractivity contribution in [2.45, 2.75) is 32.6 Å². The first-order chi connectivity index (χ1) is 9.70. The molecular formula is C16H21N2OS+. The molecule has 106 valence electrons. The summed E-state index contributed by atoms with van der Waals surface area (Å²) in [6, 6.07) is 10.4. The molecule has 1 aromatic heterocycles. The third kappa shape index (κ3) is 3.26. The van der Waals surface area contributed by atoms with Crippen molar-refractivity contribution in [3.05, 3.63) is 41.4 Å². The zero-order valence-electron chi connectivity index (χ0n) is 12.0. The van der Waals surface area contributed by atoms with Gasteiger partial charge in [0.15, 0.2) is 0 Å². The maximum absolute atomic E-state index is 5.79. The molecule has 1 aromatic carbocycles. The second-order valence-electron chi connectivity index (χ2n) is 5.60. The lowest BCUT2D eigenvalue weighted by molar-refractivity contribution is -0.928. The summed E-state index contributed by atoms with van der Waals surface area (Å²) >= 11 is 1.74. The van der Waals surface area contributed by atoms with Crippen LogP contribution in [-0.2, 0) is 11.3 Å². The lowest BCUT2D eigenvalue weighted by Crippen LogP contribution is -3.14. The van der Waals surface area contributed by atoms with Gasteiger partial charge in [-0.3, -0.25) is 0 Å². The first-order valence-corrected chi connectivity index (χ1v) is 8.07. The van der Waals surface area contributed by atoms with E-state index < -0.39 is 0 Å². The lowest BCUT2D eigenvalue weighted by atomic mass is 10.2. The number of hydrogen-bond donors (Lipinski definition) is 1. The molecule has 0 bridgehead atoms. The molecule has 0 amide bonds. The zero-order valence-corrected chi connectivity index (χ0v) is 12.8. The normalized spacial score (nSPS) is 26.6. The standard InChI is InChI=1S/C16H20N2OS/c1-12-8-18(9-13(2)19-12)10-15-11-20-16(17-15)14-6-4-3-5-7-14/h3-7,11-13H,8-10H2,1-2H3/p+1/t12-,13+. The fraction of sp³-hybridized carbons (Fsp3) is 0.438. The van der Waals surface area contributed by atoms with Crippen LogP contribution in [0.4, 0.5) is 0 Å². The maximum Gasteiger partial charge on any atom is 0.123 e. The van der Waals surface area contributed by atoms with E-state index in [4.69, 9.17) is 9.72 Å². The van der Waals surface area contributed by atoms with Gasteiger partial charge in [-0.25, -0.2) is 4.98 Å². The molecular weight excluding hydrogens is 268 g/mol. The van der Waals surface area contributed by atoms with Crippen molar-refractivity contribution < 1.29 is 9.64 Å². The Morgan fingerprint density at radius 3 is 2.60 bits per heavy atom. The quantitative estimate of drug-likeness (QED) is 0.935. The molecule has 0 spiro atoms. The number of quaternary nitrogens is 1. The molecule has 1 saturated heterocycles. The molecule has 20 heavy (non-hydrogen) atoms. The summed E-state index contributed by atoms with van der Waals surface area (Å²) in [5.74, 6) is 0. The van der Waals surface area contributed by atoms with Gasteiger partial charge in [-0.1, -0.05) is 30.3 Å². The van der Waals surface area contributed by atoms with Crippen LogP contribution in [0, 0.1) is 0 Å². The van der Waals surface area contributed by atoms with Crippen LogP contribution in [0.25, 0.3) is 10.6 Å². The number of nitrogens with one attached hydrogen (secondary N) is 1. The smallest absolute Gasteiger partial charge is 0.123 e. The number of aromatic nitrogens is 1. The fourth-order valence-corrected chi connectivity index (χ4v) is 3.72. The molecule has 3 nitrogen and oxygen atoms in total. The van der Waals surface area contributed by atoms with E-state index in [1.54, 1.807) is 16.2 Å². The van der Waals surface area contributed by atoms with Gasteiger partial charge >= 0.3 is 0 Å². The Morgan fingerprint density at radius 1 is 1.20 bits per heavy atom.